The third kappa shape index (κ3) is 6.96. The maximum Gasteiger partial charge on any atom is 0.421 e. The summed E-state index contributed by atoms with van der Waals surface area (Å²) in [5.41, 5.74) is -1.21. The normalized spacial score (nSPS) is 18.2. The van der Waals surface area contributed by atoms with Gasteiger partial charge in [-0.2, -0.15) is 13.2 Å². The van der Waals surface area contributed by atoms with E-state index in [1.807, 2.05) is 13.8 Å². The Balaban J connectivity index is 1.94. The molecule has 0 atom stereocenters. The highest BCUT2D eigenvalue weighted by atomic mass is 19.4. The van der Waals surface area contributed by atoms with E-state index in [9.17, 15) is 27.9 Å². The molecule has 0 aliphatic heterocycles. The van der Waals surface area contributed by atoms with Crippen molar-refractivity contribution in [2.24, 2.45) is 11.8 Å². The molecular weight excluding hydrogens is 477 g/mol. The second-order valence-corrected chi connectivity index (χ2v) is 9.31. The van der Waals surface area contributed by atoms with E-state index in [4.69, 9.17) is 9.47 Å². The molecular formula is C26H31F3N2O5. The van der Waals surface area contributed by atoms with E-state index < -0.39 is 23.6 Å². The summed E-state index contributed by atoms with van der Waals surface area (Å²) in [5, 5.41) is 9.91. The lowest BCUT2D eigenvalue weighted by Gasteiger charge is -2.32. The van der Waals surface area contributed by atoms with E-state index >= 15 is 0 Å². The number of aromatic nitrogens is 1. The van der Waals surface area contributed by atoms with Gasteiger partial charge in [0.2, 0.25) is 11.8 Å². The van der Waals surface area contributed by atoms with Crippen molar-refractivity contribution in [2.75, 3.05) is 18.1 Å². The van der Waals surface area contributed by atoms with Crippen LogP contribution < -0.4 is 9.64 Å². The van der Waals surface area contributed by atoms with Crippen molar-refractivity contribution >= 4 is 17.6 Å². The van der Waals surface area contributed by atoms with Gasteiger partial charge in [-0.1, -0.05) is 6.92 Å². The van der Waals surface area contributed by atoms with Crippen molar-refractivity contribution in [1.29, 1.82) is 0 Å². The van der Waals surface area contributed by atoms with E-state index in [-0.39, 0.29) is 48.1 Å². The van der Waals surface area contributed by atoms with E-state index in [1.54, 1.807) is 0 Å². The number of nitrogens with zero attached hydrogens (tertiary/aromatic N) is 2. The summed E-state index contributed by atoms with van der Waals surface area (Å²) < 4.78 is 50.9. The van der Waals surface area contributed by atoms with Gasteiger partial charge in [0.25, 0.3) is 0 Å². The number of pyridine rings is 1. The quantitative estimate of drug-likeness (QED) is 0.435. The predicted molar refractivity (Wildman–Crippen MR) is 127 cm³/mol. The molecule has 0 unspecified atom stereocenters. The van der Waals surface area contributed by atoms with Crippen LogP contribution in [0.5, 0.6) is 11.6 Å². The Morgan fingerprint density at radius 3 is 2.47 bits per heavy atom. The third-order valence-electron chi connectivity index (χ3n) is 6.18. The molecule has 196 valence electrons. The first-order valence-corrected chi connectivity index (χ1v) is 12.0. The first-order valence-electron chi connectivity index (χ1n) is 12.0. The van der Waals surface area contributed by atoms with Crippen LogP contribution in [-0.2, 0) is 15.7 Å². The second-order valence-electron chi connectivity index (χ2n) is 9.31. The molecule has 0 bridgehead atoms. The summed E-state index contributed by atoms with van der Waals surface area (Å²) in [6.45, 7) is 6.20. The van der Waals surface area contributed by atoms with E-state index in [1.165, 1.54) is 17.0 Å². The number of hydrogen-bond acceptors (Lipinski definition) is 5. The van der Waals surface area contributed by atoms with Crippen LogP contribution in [0.25, 0.3) is 0 Å². The van der Waals surface area contributed by atoms with Gasteiger partial charge in [-0.05, 0) is 75.8 Å². The van der Waals surface area contributed by atoms with Crippen molar-refractivity contribution < 1.29 is 37.3 Å². The highest BCUT2D eigenvalue weighted by Gasteiger charge is 2.35. The van der Waals surface area contributed by atoms with Crippen LogP contribution in [0.15, 0.2) is 36.5 Å². The molecule has 1 fully saturated rings. The molecule has 1 heterocycles. The maximum atomic E-state index is 13.5. The fourth-order valence-corrected chi connectivity index (χ4v) is 4.24. The van der Waals surface area contributed by atoms with Crippen LogP contribution in [0.1, 0.15) is 62.4 Å². The van der Waals surface area contributed by atoms with Gasteiger partial charge >= 0.3 is 12.1 Å². The Bertz CT molecular complexity index is 1070. The number of halogens is 3. The average Bonchev–Trinajstić information content (AvgIpc) is 2.81. The molecule has 1 saturated carbocycles. The number of carboxylic acids is 1. The van der Waals surface area contributed by atoms with Gasteiger partial charge in [-0.3, -0.25) is 4.79 Å². The molecule has 10 heteroatoms. The molecule has 2 aromatic rings. The van der Waals surface area contributed by atoms with E-state index in [0.717, 1.165) is 37.2 Å². The topological polar surface area (TPSA) is 89.0 Å². The first kappa shape index (κ1) is 27.4. The minimum atomic E-state index is -4.70. The van der Waals surface area contributed by atoms with Gasteiger partial charge in [0.05, 0.1) is 24.0 Å². The predicted octanol–water partition coefficient (Wildman–Crippen LogP) is 6.18. The zero-order chi connectivity index (χ0) is 26.5. The largest absolute Gasteiger partial charge is 0.478 e. The zero-order valence-electron chi connectivity index (χ0n) is 20.5. The average molecular weight is 509 g/mol. The highest BCUT2D eigenvalue weighted by Crippen LogP contribution is 2.38. The van der Waals surface area contributed by atoms with E-state index in [0.29, 0.717) is 18.8 Å². The first-order chi connectivity index (χ1) is 17.0. The fourth-order valence-electron chi connectivity index (χ4n) is 4.24. The number of carbonyl (C=O) groups is 2. The number of rotatable bonds is 9. The number of aromatic carboxylic acids is 1. The summed E-state index contributed by atoms with van der Waals surface area (Å²) in [6, 6.07) is 5.79. The fraction of sp³-hybridized carbons (Fsp3) is 0.500. The lowest BCUT2D eigenvalue weighted by Crippen LogP contribution is -2.40. The van der Waals surface area contributed by atoms with Crippen molar-refractivity contribution in [2.45, 2.75) is 58.7 Å². The maximum absolute atomic E-state index is 13.5. The standard InChI is InChI=1S/C26H31F3N2O5/c1-16(2)35-14-13-31(24(32)18-8-6-17(3)7-9-18)22-11-10-19(15-20(22)25(33)34)36-23-21(26(27,28)29)5-4-12-30-23/h4-5,10-12,15-18H,6-9,13-14H2,1-3H3,(H,33,34). The van der Waals surface area contributed by atoms with Crippen molar-refractivity contribution in [3.8, 4) is 11.6 Å². The Morgan fingerprint density at radius 2 is 1.86 bits per heavy atom. The number of amides is 1. The van der Waals surface area contributed by atoms with Crippen molar-refractivity contribution in [3.05, 3.63) is 47.7 Å². The molecule has 0 saturated heterocycles. The monoisotopic (exact) mass is 508 g/mol. The molecule has 1 amide bonds. The van der Waals surface area contributed by atoms with Gasteiger partial charge in [0.1, 0.15) is 11.3 Å². The number of carboxylic acid groups (broad SMARTS) is 1. The Hall–Kier alpha value is -3.14. The number of benzene rings is 1. The van der Waals surface area contributed by atoms with Gasteiger partial charge in [-0.25, -0.2) is 9.78 Å². The molecule has 7 nitrogen and oxygen atoms in total. The lowest BCUT2D eigenvalue weighted by molar-refractivity contribution is -0.138. The van der Waals surface area contributed by atoms with Crippen molar-refractivity contribution in [3.63, 3.8) is 0 Å². The van der Waals surface area contributed by atoms with Crippen molar-refractivity contribution in [1.82, 2.24) is 4.98 Å². The van der Waals surface area contributed by atoms with Gasteiger partial charge in [0, 0.05) is 18.7 Å². The van der Waals surface area contributed by atoms with Crippen LogP contribution >= 0.6 is 0 Å². The molecule has 0 radical (unpaired) electrons. The number of ether oxygens (including phenoxy) is 2. The summed E-state index contributed by atoms with van der Waals surface area (Å²) in [4.78, 5) is 30.7. The van der Waals surface area contributed by atoms with Crippen LogP contribution in [0.4, 0.5) is 18.9 Å². The van der Waals surface area contributed by atoms with E-state index in [2.05, 4.69) is 11.9 Å². The summed E-state index contributed by atoms with van der Waals surface area (Å²) in [6.07, 6.45) is -0.370. The highest BCUT2D eigenvalue weighted by molar-refractivity contribution is 6.03. The van der Waals surface area contributed by atoms with Gasteiger partial charge < -0.3 is 19.5 Å². The Kier molecular flexibility index (Phi) is 8.94. The smallest absolute Gasteiger partial charge is 0.421 e. The second kappa shape index (κ2) is 11.7. The molecule has 1 aromatic carbocycles. The number of carbonyl (C=O) groups excluding carboxylic acids is 1. The number of hydrogen-bond donors (Lipinski definition) is 1. The summed E-state index contributed by atoms with van der Waals surface area (Å²) >= 11 is 0. The minimum Gasteiger partial charge on any atom is -0.478 e. The van der Waals surface area contributed by atoms with Crippen LogP contribution in [-0.4, -0.2) is 41.2 Å². The SMILES string of the molecule is CC1CCC(C(=O)N(CCOC(C)C)c2ccc(Oc3ncccc3C(F)(F)F)cc2C(=O)O)CC1. The van der Waals surface area contributed by atoms with Crippen LogP contribution in [0.2, 0.25) is 0 Å². The molecule has 1 N–H and O–H groups in total. The van der Waals surface area contributed by atoms with Crippen LogP contribution in [0, 0.1) is 11.8 Å². The Labute approximate surface area is 208 Å². The zero-order valence-corrected chi connectivity index (χ0v) is 20.5. The molecule has 1 aliphatic rings. The summed E-state index contributed by atoms with van der Waals surface area (Å²) in [7, 11) is 0. The number of anilines is 1. The Morgan fingerprint density at radius 1 is 1.17 bits per heavy atom. The molecule has 3 rings (SSSR count). The summed E-state index contributed by atoms with van der Waals surface area (Å²) in [5.74, 6) is -2.06. The molecule has 1 aliphatic carbocycles. The van der Waals surface area contributed by atoms with Gasteiger partial charge in [-0.15, -0.1) is 0 Å². The third-order valence-corrected chi connectivity index (χ3v) is 6.18. The molecule has 36 heavy (non-hydrogen) atoms. The minimum absolute atomic E-state index is 0.0756. The van der Waals surface area contributed by atoms with Crippen LogP contribution in [0.3, 0.4) is 0 Å². The number of alkyl halides is 3. The molecule has 0 spiro atoms. The molecule has 1 aromatic heterocycles. The van der Waals surface area contributed by atoms with Gasteiger partial charge in [0.15, 0.2) is 0 Å². The lowest BCUT2D eigenvalue weighted by atomic mass is 9.82.